The molecule has 126 valence electrons. The molecule has 0 saturated carbocycles. The predicted octanol–water partition coefficient (Wildman–Crippen LogP) is 2.74. The molecule has 0 radical (unpaired) electrons. The molecule has 1 saturated heterocycles. The quantitative estimate of drug-likeness (QED) is 0.739. The van der Waals surface area contributed by atoms with Crippen molar-refractivity contribution in [2.45, 2.75) is 19.4 Å². The monoisotopic (exact) mass is 333 g/mol. The van der Waals surface area contributed by atoms with Crippen molar-refractivity contribution in [3.8, 4) is 11.4 Å². The molecule has 1 unspecified atom stereocenters. The maximum absolute atomic E-state index is 12.7. The molecule has 0 bridgehead atoms. The second kappa shape index (κ2) is 6.47. The van der Waals surface area contributed by atoms with E-state index in [1.807, 2.05) is 59.2 Å². The Kier molecular flexibility index (Phi) is 4.01. The van der Waals surface area contributed by atoms with Gasteiger partial charge in [0.2, 0.25) is 0 Å². The molecule has 0 aliphatic carbocycles. The second-order valence-corrected chi connectivity index (χ2v) is 6.35. The summed E-state index contributed by atoms with van der Waals surface area (Å²) >= 11 is 0. The van der Waals surface area contributed by atoms with Crippen LogP contribution >= 0.6 is 0 Å². The van der Waals surface area contributed by atoms with Crippen LogP contribution in [0, 0.1) is 6.92 Å². The molecule has 6 nitrogen and oxygen atoms in total. The van der Waals surface area contributed by atoms with Gasteiger partial charge < -0.3 is 4.90 Å². The third kappa shape index (κ3) is 3.15. The second-order valence-electron chi connectivity index (χ2n) is 6.35. The van der Waals surface area contributed by atoms with Crippen LogP contribution in [-0.4, -0.2) is 43.6 Å². The van der Waals surface area contributed by atoms with Crippen molar-refractivity contribution in [1.29, 1.82) is 0 Å². The van der Waals surface area contributed by atoms with Crippen LogP contribution in [0.25, 0.3) is 11.4 Å². The van der Waals surface area contributed by atoms with E-state index in [4.69, 9.17) is 0 Å². The Morgan fingerprint density at radius 1 is 1.12 bits per heavy atom. The van der Waals surface area contributed by atoms with Crippen LogP contribution in [0.15, 0.2) is 55.1 Å². The zero-order chi connectivity index (χ0) is 17.2. The molecule has 6 heteroatoms. The summed E-state index contributed by atoms with van der Waals surface area (Å²) in [7, 11) is 0. The lowest BCUT2D eigenvalue weighted by atomic mass is 10.2. The van der Waals surface area contributed by atoms with E-state index < -0.39 is 0 Å². The molecule has 1 fully saturated rings. The van der Waals surface area contributed by atoms with E-state index in [1.54, 1.807) is 12.4 Å². The zero-order valence-corrected chi connectivity index (χ0v) is 14.0. The van der Waals surface area contributed by atoms with Gasteiger partial charge in [0, 0.05) is 37.2 Å². The fraction of sp³-hybridized carbons (Fsp3) is 0.263. The molecule has 0 N–H and O–H groups in total. The van der Waals surface area contributed by atoms with Crippen molar-refractivity contribution in [3.63, 3.8) is 0 Å². The van der Waals surface area contributed by atoms with Crippen molar-refractivity contribution in [3.05, 3.63) is 66.2 Å². The first-order valence-corrected chi connectivity index (χ1v) is 8.38. The topological polar surface area (TPSA) is 63.9 Å². The van der Waals surface area contributed by atoms with Crippen LogP contribution in [0.2, 0.25) is 0 Å². The van der Waals surface area contributed by atoms with Crippen LogP contribution in [0.4, 0.5) is 0 Å². The molecule has 3 heterocycles. The van der Waals surface area contributed by atoms with Gasteiger partial charge >= 0.3 is 0 Å². The van der Waals surface area contributed by atoms with E-state index in [-0.39, 0.29) is 11.9 Å². The minimum Gasteiger partial charge on any atom is -0.336 e. The number of carbonyl (C=O) groups is 1. The van der Waals surface area contributed by atoms with Gasteiger partial charge in [-0.3, -0.25) is 9.48 Å². The minimum atomic E-state index is -0.0222. The molecule has 3 aromatic rings. The summed E-state index contributed by atoms with van der Waals surface area (Å²) in [6.07, 6.45) is 8.01. The highest BCUT2D eigenvalue weighted by atomic mass is 16.2. The van der Waals surface area contributed by atoms with Gasteiger partial charge in [0.15, 0.2) is 5.82 Å². The highest BCUT2D eigenvalue weighted by Gasteiger charge is 2.28. The molecule has 4 rings (SSSR count). The first-order chi connectivity index (χ1) is 12.2. The lowest BCUT2D eigenvalue weighted by molar-refractivity contribution is 0.0786. The Labute approximate surface area is 146 Å². The van der Waals surface area contributed by atoms with Crippen LogP contribution in [0.3, 0.4) is 0 Å². The highest BCUT2D eigenvalue weighted by molar-refractivity contribution is 5.94. The number of amides is 1. The van der Waals surface area contributed by atoms with Gasteiger partial charge in [-0.2, -0.15) is 5.10 Å². The van der Waals surface area contributed by atoms with Gasteiger partial charge in [-0.1, -0.05) is 30.3 Å². The summed E-state index contributed by atoms with van der Waals surface area (Å²) in [5.74, 6) is 0.606. The summed E-state index contributed by atoms with van der Waals surface area (Å²) in [5.41, 5.74) is 2.60. The number of hydrogen-bond donors (Lipinski definition) is 0. The van der Waals surface area contributed by atoms with Crippen LogP contribution in [0.1, 0.15) is 28.4 Å². The zero-order valence-electron chi connectivity index (χ0n) is 14.0. The van der Waals surface area contributed by atoms with Gasteiger partial charge in [0.05, 0.1) is 17.8 Å². The van der Waals surface area contributed by atoms with E-state index in [0.717, 1.165) is 24.1 Å². The molecule has 25 heavy (non-hydrogen) atoms. The maximum atomic E-state index is 12.7. The Morgan fingerprint density at radius 2 is 1.88 bits per heavy atom. The van der Waals surface area contributed by atoms with E-state index in [0.29, 0.717) is 17.9 Å². The van der Waals surface area contributed by atoms with Crippen LogP contribution < -0.4 is 0 Å². The fourth-order valence-corrected chi connectivity index (χ4v) is 3.13. The number of hydrogen-bond acceptors (Lipinski definition) is 4. The molecule has 1 aliphatic rings. The number of aryl methyl sites for hydroxylation is 1. The molecule has 1 aliphatic heterocycles. The third-order valence-electron chi connectivity index (χ3n) is 4.49. The molecule has 1 atom stereocenters. The average molecular weight is 333 g/mol. The Balaban J connectivity index is 1.46. The summed E-state index contributed by atoms with van der Waals surface area (Å²) in [4.78, 5) is 23.2. The summed E-state index contributed by atoms with van der Waals surface area (Å²) in [6, 6.07) is 9.98. The Bertz CT molecular complexity index is 872. The third-order valence-corrected chi connectivity index (χ3v) is 4.49. The fourth-order valence-electron chi connectivity index (χ4n) is 3.13. The van der Waals surface area contributed by atoms with Gasteiger partial charge in [-0.25, -0.2) is 9.97 Å². The number of aromatic nitrogens is 4. The van der Waals surface area contributed by atoms with E-state index >= 15 is 0 Å². The smallest absolute Gasteiger partial charge is 0.257 e. The largest absolute Gasteiger partial charge is 0.336 e. The molecule has 2 aromatic heterocycles. The lowest BCUT2D eigenvalue weighted by Gasteiger charge is -2.16. The van der Waals surface area contributed by atoms with E-state index in [1.165, 1.54) is 0 Å². The first kappa shape index (κ1) is 15.5. The molecule has 1 amide bonds. The summed E-state index contributed by atoms with van der Waals surface area (Å²) in [6.45, 7) is 3.41. The van der Waals surface area contributed by atoms with Crippen LogP contribution in [-0.2, 0) is 0 Å². The van der Waals surface area contributed by atoms with Gasteiger partial charge in [0.1, 0.15) is 0 Å². The molecular weight excluding hydrogens is 314 g/mol. The molecule has 1 aromatic carbocycles. The van der Waals surface area contributed by atoms with Gasteiger partial charge in [-0.05, 0) is 18.9 Å². The van der Waals surface area contributed by atoms with E-state index in [9.17, 15) is 4.79 Å². The molecular formula is C19H19N5O. The highest BCUT2D eigenvalue weighted by Crippen LogP contribution is 2.23. The maximum Gasteiger partial charge on any atom is 0.257 e. The predicted molar refractivity (Wildman–Crippen MR) is 94.0 cm³/mol. The van der Waals surface area contributed by atoms with Gasteiger partial charge in [0.25, 0.3) is 5.91 Å². The summed E-state index contributed by atoms with van der Waals surface area (Å²) in [5, 5.41) is 4.36. The standard InChI is InChI=1S/C19H19N5O/c1-14-9-22-24(12-14)17-7-8-23(13-17)19(25)16-10-20-18(21-11-16)15-5-3-2-4-6-15/h2-6,9-12,17H,7-8,13H2,1H3. The number of carbonyl (C=O) groups excluding carboxylic acids is 1. The number of likely N-dealkylation sites (tertiary alicyclic amines) is 1. The minimum absolute atomic E-state index is 0.0222. The number of benzene rings is 1. The van der Waals surface area contributed by atoms with Crippen molar-refractivity contribution in [2.24, 2.45) is 0 Å². The van der Waals surface area contributed by atoms with Crippen molar-refractivity contribution < 1.29 is 4.79 Å². The Hall–Kier alpha value is -3.02. The SMILES string of the molecule is Cc1cnn(C2CCN(C(=O)c3cnc(-c4ccccc4)nc3)C2)c1. The number of nitrogens with zero attached hydrogens (tertiary/aromatic N) is 5. The Morgan fingerprint density at radius 3 is 2.56 bits per heavy atom. The average Bonchev–Trinajstić information content (AvgIpc) is 3.31. The van der Waals surface area contributed by atoms with E-state index in [2.05, 4.69) is 15.1 Å². The molecule has 0 spiro atoms. The van der Waals surface area contributed by atoms with Gasteiger partial charge in [-0.15, -0.1) is 0 Å². The normalized spacial score (nSPS) is 17.0. The van der Waals surface area contributed by atoms with Crippen molar-refractivity contribution in [1.82, 2.24) is 24.6 Å². The van der Waals surface area contributed by atoms with Crippen molar-refractivity contribution >= 4 is 5.91 Å². The number of rotatable bonds is 3. The summed E-state index contributed by atoms with van der Waals surface area (Å²) < 4.78 is 1.96. The van der Waals surface area contributed by atoms with Crippen LogP contribution in [0.5, 0.6) is 0 Å². The first-order valence-electron chi connectivity index (χ1n) is 8.38. The van der Waals surface area contributed by atoms with Crippen molar-refractivity contribution in [2.75, 3.05) is 13.1 Å². The lowest BCUT2D eigenvalue weighted by Crippen LogP contribution is -2.29.